The Balaban J connectivity index is -0.0000000360. The maximum atomic E-state index is 7.00. The van der Waals surface area contributed by atoms with E-state index in [4.69, 9.17) is 5.11 Å². The van der Waals surface area contributed by atoms with Crippen molar-refractivity contribution < 1.29 is 5.11 Å². The van der Waals surface area contributed by atoms with E-state index in [9.17, 15) is 0 Å². The number of hydrogen-bond donors (Lipinski definition) is 1. The highest BCUT2D eigenvalue weighted by atomic mass is 16.2. The molecule has 0 aromatic rings. The predicted octanol–water partition coefficient (Wildman–Crippen LogP) is 1.27. The topological polar surface area (TPSA) is 20.2 Å². The summed E-state index contributed by atoms with van der Waals surface area (Å²) in [6.45, 7) is 5.65. The fourth-order valence-corrected chi connectivity index (χ4v) is 0. The van der Waals surface area contributed by atoms with E-state index in [0.29, 0.717) is 0 Å². The number of aliphatic hydroxyl groups is 1. The second-order valence-corrected chi connectivity index (χ2v) is 0.289. The minimum absolute atomic E-state index is 1.00. The van der Waals surface area contributed by atoms with E-state index in [1.165, 1.54) is 0 Å². The van der Waals surface area contributed by atoms with Crippen LogP contribution in [0.4, 0.5) is 0 Å². The summed E-state index contributed by atoms with van der Waals surface area (Å²) in [5, 5.41) is 7.00. The van der Waals surface area contributed by atoms with Crippen molar-refractivity contribution in [3.63, 3.8) is 0 Å². The molecule has 0 aromatic carbocycles. The van der Waals surface area contributed by atoms with Crippen LogP contribution in [0.2, 0.25) is 0 Å². The molecule has 0 aliphatic heterocycles. The van der Waals surface area contributed by atoms with Crippen LogP contribution < -0.4 is 0 Å². The molecule has 0 radical (unpaired) electrons. The Morgan fingerprint density at radius 1 is 1.29 bits per heavy atom. The number of aliphatic hydroxyl groups excluding tert-OH is 1. The molecule has 1 heteroatoms. The van der Waals surface area contributed by atoms with Gasteiger partial charge in [0.1, 0.15) is 0 Å². The van der Waals surface area contributed by atoms with Gasteiger partial charge in [0.25, 0.3) is 0 Å². The van der Waals surface area contributed by atoms with Gasteiger partial charge in [-0.05, 0) is 6.92 Å². The molecular formula is C6H14O. The van der Waals surface area contributed by atoms with Crippen LogP contribution in [0.25, 0.3) is 0 Å². The molecule has 1 nitrogen and oxygen atoms in total. The Morgan fingerprint density at radius 3 is 1.29 bits per heavy atom. The van der Waals surface area contributed by atoms with Crippen molar-refractivity contribution in [3.05, 3.63) is 0 Å². The van der Waals surface area contributed by atoms with Crippen molar-refractivity contribution in [1.29, 1.82) is 0 Å². The molecule has 0 aliphatic rings. The Bertz CT molecular complexity index is 25.7. The highest BCUT2D eigenvalue weighted by Gasteiger charge is 1.09. The van der Waals surface area contributed by atoms with Crippen molar-refractivity contribution in [1.82, 2.24) is 0 Å². The second-order valence-electron chi connectivity index (χ2n) is 0.289. The average molecular weight is 102 g/mol. The zero-order chi connectivity index (χ0) is 6.71. The molecule has 0 heterocycles. The van der Waals surface area contributed by atoms with Crippen LogP contribution in [0.15, 0.2) is 0 Å². The third kappa shape index (κ3) is 297. The normalized spacial score (nSPS) is 2.86. The Hall–Kier alpha value is -0.480. The van der Waals surface area contributed by atoms with Gasteiger partial charge in [-0.2, -0.15) is 0 Å². The fourth-order valence-electron chi connectivity index (χ4n) is 0. The maximum Gasteiger partial charge on any atom is 0.0319 e. The van der Waals surface area contributed by atoms with Crippen molar-refractivity contribution in [2.45, 2.75) is 20.8 Å². The van der Waals surface area contributed by atoms with Gasteiger partial charge < -0.3 is 5.11 Å². The molecule has 1 N–H and O–H groups in total. The van der Waals surface area contributed by atoms with Crippen molar-refractivity contribution >= 4 is 0 Å². The largest absolute Gasteiger partial charge is 0.400 e. The highest BCUT2D eigenvalue weighted by molar-refractivity contribution is 4.73. The number of rotatable bonds is 0. The summed E-state index contributed by atoms with van der Waals surface area (Å²) < 4.78 is 0. The van der Waals surface area contributed by atoms with E-state index in [0.717, 1.165) is 7.11 Å². The van der Waals surface area contributed by atoms with E-state index in [2.05, 4.69) is 12.3 Å². The van der Waals surface area contributed by atoms with Crippen molar-refractivity contribution in [2.75, 3.05) is 7.11 Å². The Labute approximate surface area is 46.4 Å². The zero-order valence-corrected chi connectivity index (χ0v) is 5.52. The molecule has 0 unspecified atom stereocenters. The van der Waals surface area contributed by atoms with E-state index in [1.54, 1.807) is 6.92 Å². The van der Waals surface area contributed by atoms with Gasteiger partial charge in [-0.1, -0.05) is 13.8 Å². The predicted molar refractivity (Wildman–Crippen MR) is 34.0 cm³/mol. The lowest BCUT2D eigenvalue weighted by molar-refractivity contribution is 0.399. The van der Waals surface area contributed by atoms with Gasteiger partial charge in [-0.25, -0.2) is 0 Å². The van der Waals surface area contributed by atoms with Crippen molar-refractivity contribution in [3.8, 4) is 12.3 Å². The molecule has 0 spiro atoms. The summed E-state index contributed by atoms with van der Waals surface area (Å²) in [7, 11) is 1.00. The summed E-state index contributed by atoms with van der Waals surface area (Å²) in [4.78, 5) is 0. The lowest BCUT2D eigenvalue weighted by Gasteiger charge is -1.23. The molecule has 0 saturated carbocycles. The first-order chi connectivity index (χ1) is 3.41. The van der Waals surface area contributed by atoms with Gasteiger partial charge in [0.05, 0.1) is 0 Å². The van der Waals surface area contributed by atoms with Crippen LogP contribution >= 0.6 is 0 Å². The van der Waals surface area contributed by atoms with Gasteiger partial charge in [0.15, 0.2) is 0 Å². The molecule has 44 valence electrons. The Morgan fingerprint density at radius 2 is 1.29 bits per heavy atom. The molecule has 0 aliphatic carbocycles. The van der Waals surface area contributed by atoms with Crippen LogP contribution in [0.3, 0.4) is 0 Å². The molecule has 0 rings (SSSR count). The van der Waals surface area contributed by atoms with E-state index < -0.39 is 0 Å². The monoisotopic (exact) mass is 102 g/mol. The molecule has 0 bridgehead atoms. The minimum Gasteiger partial charge on any atom is -0.400 e. The van der Waals surface area contributed by atoms with Gasteiger partial charge in [0, 0.05) is 7.11 Å². The number of hydrogen-bond acceptors (Lipinski definition) is 1. The Kier molecular flexibility index (Phi) is 955. The summed E-state index contributed by atoms with van der Waals surface area (Å²) in [6, 6.07) is 0. The van der Waals surface area contributed by atoms with Gasteiger partial charge in [0.2, 0.25) is 0 Å². The van der Waals surface area contributed by atoms with Crippen molar-refractivity contribution in [2.24, 2.45) is 0 Å². The van der Waals surface area contributed by atoms with E-state index in [-0.39, 0.29) is 0 Å². The van der Waals surface area contributed by atoms with Crippen LogP contribution in [-0.2, 0) is 0 Å². The molecule has 0 atom stereocenters. The summed E-state index contributed by atoms with van der Waals surface area (Å²) in [5.41, 5.74) is 0. The summed E-state index contributed by atoms with van der Waals surface area (Å²) in [6.07, 6.45) is 4.60. The lowest BCUT2D eigenvalue weighted by atomic mass is 10.9. The molecule has 0 fully saturated rings. The zero-order valence-electron chi connectivity index (χ0n) is 5.52. The molecule has 0 aromatic heterocycles. The van der Waals surface area contributed by atoms with Gasteiger partial charge in [-0.15, -0.1) is 12.3 Å². The highest BCUT2D eigenvalue weighted by Crippen LogP contribution is 1.21. The quantitative estimate of drug-likeness (QED) is 0.457. The average Bonchev–Trinajstić information content (AvgIpc) is 1.78. The van der Waals surface area contributed by atoms with Gasteiger partial charge in [-0.3, -0.25) is 0 Å². The van der Waals surface area contributed by atoms with Gasteiger partial charge >= 0.3 is 0 Å². The first-order valence-corrected chi connectivity index (χ1v) is 2.24. The smallest absolute Gasteiger partial charge is 0.0319 e. The molecule has 0 saturated heterocycles. The van der Waals surface area contributed by atoms with Crippen LogP contribution in [-0.4, -0.2) is 12.2 Å². The van der Waals surface area contributed by atoms with E-state index >= 15 is 0 Å². The summed E-state index contributed by atoms with van der Waals surface area (Å²) >= 11 is 0. The molecule has 0 amide bonds. The standard InChI is InChI=1S/C3H4.C2H6.CH4O/c1-3-2;2*1-2/h1H,2H3;1-2H3;2H,1H3. The third-order valence-corrected chi connectivity index (χ3v) is 0. The second kappa shape index (κ2) is 417. The van der Waals surface area contributed by atoms with Crippen LogP contribution in [0.1, 0.15) is 20.8 Å². The lowest BCUT2D eigenvalue weighted by Crippen LogP contribution is -1.25. The maximum absolute atomic E-state index is 7.00. The van der Waals surface area contributed by atoms with E-state index in [1.807, 2.05) is 13.8 Å². The third-order valence-electron chi connectivity index (χ3n) is 0. The molecule has 7 heavy (non-hydrogen) atoms. The minimum atomic E-state index is 1.00. The number of terminal acetylenes is 1. The first-order valence-electron chi connectivity index (χ1n) is 2.24. The fraction of sp³-hybridized carbons (Fsp3) is 0.667. The summed E-state index contributed by atoms with van der Waals surface area (Å²) in [5.74, 6) is 2.25. The van der Waals surface area contributed by atoms with Crippen LogP contribution in [0, 0.1) is 12.3 Å². The van der Waals surface area contributed by atoms with Crippen LogP contribution in [0.5, 0.6) is 0 Å². The first kappa shape index (κ1) is 16.0. The molecular weight excluding hydrogens is 88.1 g/mol. The SMILES string of the molecule is C#CC.CC.CO.